The van der Waals surface area contributed by atoms with Gasteiger partial charge in [0.1, 0.15) is 11.5 Å². The molecule has 3 heterocycles. The minimum atomic E-state index is -0.422. The molecule has 1 saturated heterocycles. The number of carbonyl (C=O) groups is 1. The maximum absolute atomic E-state index is 13.2. The lowest BCUT2D eigenvalue weighted by atomic mass is 9.79. The lowest BCUT2D eigenvalue weighted by molar-refractivity contribution is 0.00578. The van der Waals surface area contributed by atoms with Gasteiger partial charge in [0.15, 0.2) is 5.82 Å². The Labute approximate surface area is 214 Å². The van der Waals surface area contributed by atoms with Crippen molar-refractivity contribution in [3.8, 4) is 0 Å². The Morgan fingerprint density at radius 3 is 2.36 bits per heavy atom. The number of fused-ring (bicyclic) bond motifs is 1. The zero-order valence-electron chi connectivity index (χ0n) is 22.6. The highest BCUT2D eigenvalue weighted by Crippen LogP contribution is 2.37. The molecular formula is C27H37BN4O4. The lowest BCUT2D eigenvalue weighted by Gasteiger charge is -2.32. The average molecular weight is 492 g/mol. The number of rotatable bonds is 8. The third kappa shape index (κ3) is 4.92. The monoisotopic (exact) mass is 492 g/mol. The first-order valence-corrected chi connectivity index (χ1v) is 12.6. The number of aromatic nitrogens is 2. The molecule has 2 aromatic rings. The first kappa shape index (κ1) is 26.3. The normalized spacial score (nSPS) is 18.8. The molecule has 36 heavy (non-hydrogen) atoms. The fraction of sp³-hybridized carbons (Fsp3) is 0.519. The third-order valence-corrected chi connectivity index (χ3v) is 7.29. The first-order chi connectivity index (χ1) is 17.0. The number of ether oxygens (including phenoxy) is 1. The lowest BCUT2D eigenvalue weighted by Crippen LogP contribution is -2.41. The molecule has 0 radical (unpaired) electrons. The van der Waals surface area contributed by atoms with Gasteiger partial charge in [-0.25, -0.2) is 9.97 Å². The summed E-state index contributed by atoms with van der Waals surface area (Å²) in [6.07, 6.45) is 2.69. The van der Waals surface area contributed by atoms with E-state index in [-0.39, 0.29) is 11.9 Å². The number of allylic oxidation sites excluding steroid dienone is 1. The molecule has 192 valence electrons. The fourth-order valence-corrected chi connectivity index (χ4v) is 4.27. The van der Waals surface area contributed by atoms with Crippen LogP contribution in [0.2, 0.25) is 0 Å². The highest BCUT2D eigenvalue weighted by Gasteiger charge is 2.51. The van der Waals surface area contributed by atoms with Gasteiger partial charge in [-0.2, -0.15) is 0 Å². The molecule has 0 saturated carbocycles. The number of methoxy groups -OCH3 is 1. The van der Waals surface area contributed by atoms with Gasteiger partial charge in [-0.1, -0.05) is 25.1 Å². The molecule has 8 nitrogen and oxygen atoms in total. The maximum atomic E-state index is 13.2. The van der Waals surface area contributed by atoms with E-state index in [9.17, 15) is 4.79 Å². The van der Waals surface area contributed by atoms with Crippen LogP contribution in [0.1, 0.15) is 76.8 Å². The molecule has 1 aromatic carbocycles. The van der Waals surface area contributed by atoms with Gasteiger partial charge in [0, 0.05) is 24.4 Å². The Balaban J connectivity index is 1.65. The molecule has 1 aromatic heterocycles. The summed E-state index contributed by atoms with van der Waals surface area (Å²) in [7, 11) is 1.23. The average Bonchev–Trinajstić information content (AvgIpc) is 3.27. The number of nitrogens with zero attached hydrogens (tertiary/aromatic N) is 3. The Morgan fingerprint density at radius 1 is 1.17 bits per heavy atom. The van der Waals surface area contributed by atoms with E-state index in [0.29, 0.717) is 30.5 Å². The number of hydrogen-bond donors (Lipinski definition) is 1. The van der Waals surface area contributed by atoms with E-state index in [1.54, 1.807) is 7.11 Å². The van der Waals surface area contributed by atoms with Crippen LogP contribution < -0.4 is 10.8 Å². The number of hydrogen-bond acceptors (Lipinski definition) is 7. The summed E-state index contributed by atoms with van der Waals surface area (Å²) in [5.74, 6) is 1.13. The molecular weight excluding hydrogens is 455 g/mol. The molecule has 0 unspecified atom stereocenters. The molecule has 1 amide bonds. The van der Waals surface area contributed by atoms with Crippen LogP contribution in [0.5, 0.6) is 0 Å². The van der Waals surface area contributed by atoms with E-state index in [0.717, 1.165) is 28.7 Å². The van der Waals surface area contributed by atoms with Gasteiger partial charge >= 0.3 is 7.12 Å². The Morgan fingerprint density at radius 2 is 1.81 bits per heavy atom. The highest BCUT2D eigenvalue weighted by molar-refractivity contribution is 6.62. The molecule has 0 spiro atoms. The van der Waals surface area contributed by atoms with Crippen LogP contribution in [-0.4, -0.2) is 58.9 Å². The van der Waals surface area contributed by atoms with Crippen LogP contribution in [0, 0.1) is 0 Å². The maximum Gasteiger partial charge on any atom is 0.494 e. The SMILES string of the molecule is CC/C(=C\COC)c1nc(Nc2ccc(B3OC(C)(C)C(C)(C)O3)cc2)c2c(n1)C(=O)N(C(C)C)C2. The molecule has 0 aliphatic carbocycles. The van der Waals surface area contributed by atoms with Crippen molar-refractivity contribution in [2.45, 2.75) is 78.7 Å². The summed E-state index contributed by atoms with van der Waals surface area (Å²) in [6, 6.07) is 8.01. The molecule has 0 bridgehead atoms. The Bertz CT molecular complexity index is 1150. The van der Waals surface area contributed by atoms with Crippen molar-refractivity contribution in [3.05, 3.63) is 47.4 Å². The van der Waals surface area contributed by atoms with Crippen LogP contribution >= 0.6 is 0 Å². The van der Waals surface area contributed by atoms with Gasteiger partial charge in [0.2, 0.25) is 0 Å². The van der Waals surface area contributed by atoms with Gasteiger partial charge in [-0.05, 0) is 71.1 Å². The third-order valence-electron chi connectivity index (χ3n) is 7.29. The predicted octanol–water partition coefficient (Wildman–Crippen LogP) is 4.32. The molecule has 2 aliphatic rings. The van der Waals surface area contributed by atoms with Crippen LogP contribution in [0.25, 0.3) is 5.57 Å². The zero-order chi connectivity index (χ0) is 26.3. The summed E-state index contributed by atoms with van der Waals surface area (Å²) < 4.78 is 17.6. The molecule has 2 aliphatic heterocycles. The summed E-state index contributed by atoms with van der Waals surface area (Å²) in [5, 5.41) is 3.44. The van der Waals surface area contributed by atoms with Crippen LogP contribution in [0.15, 0.2) is 30.3 Å². The zero-order valence-corrected chi connectivity index (χ0v) is 22.6. The summed E-state index contributed by atoms with van der Waals surface area (Å²) in [6.45, 7) is 15.2. The van der Waals surface area contributed by atoms with E-state index >= 15 is 0 Å². The van der Waals surface area contributed by atoms with E-state index in [2.05, 4.69) is 10.3 Å². The van der Waals surface area contributed by atoms with Crippen LogP contribution in [-0.2, 0) is 20.6 Å². The van der Waals surface area contributed by atoms with E-state index in [4.69, 9.17) is 19.0 Å². The minimum Gasteiger partial charge on any atom is -0.399 e. The Hall–Kier alpha value is -2.75. The summed E-state index contributed by atoms with van der Waals surface area (Å²) in [4.78, 5) is 24.5. The van der Waals surface area contributed by atoms with Crippen molar-refractivity contribution < 1.29 is 18.8 Å². The molecule has 4 rings (SSSR count). The first-order valence-electron chi connectivity index (χ1n) is 12.6. The second-order valence-corrected chi connectivity index (χ2v) is 10.6. The van der Waals surface area contributed by atoms with Crippen molar-refractivity contribution in [2.75, 3.05) is 19.0 Å². The largest absolute Gasteiger partial charge is 0.494 e. The van der Waals surface area contributed by atoms with Gasteiger partial charge in [-0.15, -0.1) is 0 Å². The summed E-state index contributed by atoms with van der Waals surface area (Å²) in [5.41, 5.74) is 3.23. The topological polar surface area (TPSA) is 85.8 Å². The van der Waals surface area contributed by atoms with Gasteiger partial charge in [0.05, 0.1) is 24.4 Å². The Kier molecular flexibility index (Phi) is 7.28. The van der Waals surface area contributed by atoms with Crippen LogP contribution in [0.4, 0.5) is 11.5 Å². The smallest absolute Gasteiger partial charge is 0.399 e. The van der Waals surface area contributed by atoms with Crippen molar-refractivity contribution in [1.29, 1.82) is 0 Å². The standard InChI is InChI=1S/C27H37BN4O4/c1-9-18(14-15-34-8)23-30-22-21(16-32(17(2)3)25(22)33)24(31-23)29-20-12-10-19(11-13-20)28-35-26(4,5)27(6,7)36-28/h10-14,17H,9,15-16H2,1-8H3,(H,29,30,31)/b18-14+. The van der Waals surface area contributed by atoms with Crippen molar-refractivity contribution in [1.82, 2.24) is 14.9 Å². The number of carbonyl (C=O) groups excluding carboxylic acids is 1. The van der Waals surface area contributed by atoms with E-state index in [1.165, 1.54) is 0 Å². The molecule has 9 heteroatoms. The molecule has 1 fully saturated rings. The number of benzene rings is 1. The van der Waals surface area contributed by atoms with Crippen LogP contribution in [0.3, 0.4) is 0 Å². The second kappa shape index (κ2) is 9.96. The fourth-order valence-electron chi connectivity index (χ4n) is 4.27. The molecule has 1 N–H and O–H groups in total. The van der Waals surface area contributed by atoms with Crippen molar-refractivity contribution >= 4 is 35.6 Å². The number of amides is 1. The van der Waals surface area contributed by atoms with Crippen molar-refractivity contribution in [2.24, 2.45) is 0 Å². The summed E-state index contributed by atoms with van der Waals surface area (Å²) >= 11 is 0. The van der Waals surface area contributed by atoms with Gasteiger partial charge < -0.3 is 24.3 Å². The molecule has 0 atom stereocenters. The quantitative estimate of drug-likeness (QED) is 0.550. The minimum absolute atomic E-state index is 0.0648. The predicted molar refractivity (Wildman–Crippen MR) is 143 cm³/mol. The van der Waals surface area contributed by atoms with E-state index in [1.807, 2.05) is 83.7 Å². The van der Waals surface area contributed by atoms with Gasteiger partial charge in [0.25, 0.3) is 5.91 Å². The highest BCUT2D eigenvalue weighted by atomic mass is 16.7. The number of nitrogens with one attached hydrogen (secondary N) is 1. The second-order valence-electron chi connectivity index (χ2n) is 10.6. The van der Waals surface area contributed by atoms with Gasteiger partial charge in [-0.3, -0.25) is 4.79 Å². The number of anilines is 2. The van der Waals surface area contributed by atoms with E-state index < -0.39 is 18.3 Å². The van der Waals surface area contributed by atoms with Crippen molar-refractivity contribution in [3.63, 3.8) is 0 Å².